The molecule has 1 aliphatic heterocycles. The molecular weight excluding hydrogens is 184 g/mol. The van der Waals surface area contributed by atoms with Gasteiger partial charge in [-0.05, 0) is 63.4 Å². The average Bonchev–Trinajstić information content (AvgIpc) is 2.15. The highest BCUT2D eigenvalue weighted by atomic mass is 16.5. The van der Waals surface area contributed by atoms with Gasteiger partial charge in [0.05, 0.1) is 5.76 Å². The highest BCUT2D eigenvalue weighted by molar-refractivity contribution is 5.12. The van der Waals surface area contributed by atoms with Gasteiger partial charge in [0, 0.05) is 5.92 Å². The zero-order chi connectivity index (χ0) is 10.6. The summed E-state index contributed by atoms with van der Waals surface area (Å²) in [5, 5.41) is 0. The molecule has 0 aromatic rings. The number of allylic oxidation sites excluding steroid dienone is 2. The fourth-order valence-corrected chi connectivity index (χ4v) is 4.30. The van der Waals surface area contributed by atoms with Crippen LogP contribution in [0, 0.1) is 23.7 Å². The molecule has 0 saturated heterocycles. The van der Waals surface area contributed by atoms with Gasteiger partial charge in [-0.3, -0.25) is 0 Å². The molecule has 5 atom stereocenters. The SMILES string of the molecule is CC1=CC2CC(C)C3CCC(C)(O1)C2C3. The molecule has 1 heterocycles. The maximum Gasteiger partial charge on any atom is 0.109 e. The van der Waals surface area contributed by atoms with E-state index in [9.17, 15) is 0 Å². The molecule has 2 aliphatic carbocycles. The van der Waals surface area contributed by atoms with Crippen LogP contribution in [-0.4, -0.2) is 5.60 Å². The van der Waals surface area contributed by atoms with Crippen LogP contribution < -0.4 is 0 Å². The number of ether oxygens (including phenoxy) is 1. The molecule has 84 valence electrons. The number of fused-ring (bicyclic) bond motifs is 1. The second-order valence-electron chi connectivity index (χ2n) is 6.21. The van der Waals surface area contributed by atoms with Gasteiger partial charge in [0.15, 0.2) is 0 Å². The van der Waals surface area contributed by atoms with E-state index in [-0.39, 0.29) is 5.60 Å². The third kappa shape index (κ3) is 1.35. The van der Waals surface area contributed by atoms with Crippen molar-refractivity contribution >= 4 is 0 Å². The summed E-state index contributed by atoms with van der Waals surface area (Å²) in [6.07, 6.45) is 7.85. The van der Waals surface area contributed by atoms with Crippen molar-refractivity contribution < 1.29 is 4.74 Å². The molecule has 2 fully saturated rings. The topological polar surface area (TPSA) is 9.23 Å². The van der Waals surface area contributed by atoms with Crippen LogP contribution in [0.3, 0.4) is 0 Å². The lowest BCUT2D eigenvalue weighted by molar-refractivity contribution is -0.125. The molecule has 0 radical (unpaired) electrons. The summed E-state index contributed by atoms with van der Waals surface area (Å²) < 4.78 is 6.13. The van der Waals surface area contributed by atoms with Gasteiger partial charge < -0.3 is 4.74 Å². The minimum atomic E-state index is 0.167. The molecule has 3 rings (SSSR count). The van der Waals surface area contributed by atoms with Crippen molar-refractivity contribution in [3.05, 3.63) is 11.8 Å². The highest BCUT2D eigenvalue weighted by Gasteiger charge is 2.51. The van der Waals surface area contributed by atoms with Crippen LogP contribution in [0.25, 0.3) is 0 Å². The second-order valence-corrected chi connectivity index (χ2v) is 6.21. The zero-order valence-corrected chi connectivity index (χ0v) is 10.1. The first-order valence-electron chi connectivity index (χ1n) is 6.46. The van der Waals surface area contributed by atoms with Crippen LogP contribution in [0.2, 0.25) is 0 Å². The van der Waals surface area contributed by atoms with Crippen molar-refractivity contribution in [3.8, 4) is 0 Å². The fourth-order valence-electron chi connectivity index (χ4n) is 4.30. The van der Waals surface area contributed by atoms with Gasteiger partial charge in [-0.1, -0.05) is 6.92 Å². The first kappa shape index (κ1) is 9.74. The van der Waals surface area contributed by atoms with Gasteiger partial charge in [-0.15, -0.1) is 0 Å². The number of rotatable bonds is 0. The van der Waals surface area contributed by atoms with E-state index in [0.717, 1.165) is 23.7 Å². The summed E-state index contributed by atoms with van der Waals surface area (Å²) in [7, 11) is 0. The predicted octanol–water partition coefficient (Wildman–Crippen LogP) is 3.75. The Hall–Kier alpha value is -0.460. The summed E-state index contributed by atoms with van der Waals surface area (Å²) in [6, 6.07) is 0. The van der Waals surface area contributed by atoms with Gasteiger partial charge in [-0.25, -0.2) is 0 Å². The van der Waals surface area contributed by atoms with Crippen molar-refractivity contribution in [3.63, 3.8) is 0 Å². The number of hydrogen-bond donors (Lipinski definition) is 0. The molecule has 0 spiro atoms. The minimum Gasteiger partial charge on any atom is -0.492 e. The van der Waals surface area contributed by atoms with Crippen LogP contribution in [0.1, 0.15) is 46.5 Å². The zero-order valence-electron chi connectivity index (χ0n) is 10.1. The molecule has 1 heteroatoms. The largest absolute Gasteiger partial charge is 0.492 e. The van der Waals surface area contributed by atoms with Crippen LogP contribution >= 0.6 is 0 Å². The van der Waals surface area contributed by atoms with Gasteiger partial charge in [0.2, 0.25) is 0 Å². The van der Waals surface area contributed by atoms with E-state index in [0.29, 0.717) is 0 Å². The minimum absolute atomic E-state index is 0.167. The standard InChI is InChI=1S/C14H22O/c1-9-6-12-7-10(2)15-14(3)5-4-11(9)8-13(12)14/h7,9,11-13H,4-6,8H2,1-3H3. The Morgan fingerprint density at radius 1 is 1.40 bits per heavy atom. The van der Waals surface area contributed by atoms with E-state index < -0.39 is 0 Å². The lowest BCUT2D eigenvalue weighted by Crippen LogP contribution is -2.51. The summed E-state index contributed by atoms with van der Waals surface area (Å²) in [5.74, 6) is 4.69. The highest BCUT2D eigenvalue weighted by Crippen LogP contribution is 2.54. The molecular formula is C14H22O. The van der Waals surface area contributed by atoms with E-state index in [1.807, 2.05) is 0 Å². The normalized spacial score (nSPS) is 53.1. The van der Waals surface area contributed by atoms with Crippen molar-refractivity contribution in [2.75, 3.05) is 0 Å². The van der Waals surface area contributed by atoms with Crippen molar-refractivity contribution in [1.29, 1.82) is 0 Å². The molecule has 2 saturated carbocycles. The van der Waals surface area contributed by atoms with Crippen molar-refractivity contribution in [1.82, 2.24) is 0 Å². The van der Waals surface area contributed by atoms with E-state index in [4.69, 9.17) is 4.74 Å². The van der Waals surface area contributed by atoms with E-state index >= 15 is 0 Å². The molecule has 2 bridgehead atoms. The Balaban J connectivity index is 1.97. The Bertz CT molecular complexity index is 306. The molecule has 5 unspecified atom stereocenters. The third-order valence-corrected chi connectivity index (χ3v) is 5.16. The van der Waals surface area contributed by atoms with Gasteiger partial charge in [-0.2, -0.15) is 0 Å². The van der Waals surface area contributed by atoms with E-state index in [1.165, 1.54) is 31.4 Å². The lowest BCUT2D eigenvalue weighted by Gasteiger charge is -2.54. The molecule has 3 aliphatic rings. The van der Waals surface area contributed by atoms with E-state index in [2.05, 4.69) is 26.8 Å². The Labute approximate surface area is 92.9 Å². The number of hydrogen-bond acceptors (Lipinski definition) is 1. The monoisotopic (exact) mass is 206 g/mol. The average molecular weight is 206 g/mol. The van der Waals surface area contributed by atoms with Crippen molar-refractivity contribution in [2.45, 2.75) is 52.1 Å². The smallest absolute Gasteiger partial charge is 0.109 e. The summed E-state index contributed by atoms with van der Waals surface area (Å²) in [4.78, 5) is 0. The van der Waals surface area contributed by atoms with E-state index in [1.54, 1.807) is 0 Å². The summed E-state index contributed by atoms with van der Waals surface area (Å²) in [5.41, 5.74) is 0.167. The second kappa shape index (κ2) is 3.02. The van der Waals surface area contributed by atoms with Crippen LogP contribution in [0.5, 0.6) is 0 Å². The first-order valence-corrected chi connectivity index (χ1v) is 6.46. The van der Waals surface area contributed by atoms with Crippen LogP contribution in [-0.2, 0) is 4.74 Å². The van der Waals surface area contributed by atoms with Crippen molar-refractivity contribution in [2.24, 2.45) is 23.7 Å². The quantitative estimate of drug-likeness (QED) is 0.586. The van der Waals surface area contributed by atoms with Crippen LogP contribution in [0.4, 0.5) is 0 Å². The molecule has 0 aromatic carbocycles. The summed E-state index contributed by atoms with van der Waals surface area (Å²) in [6.45, 7) is 6.92. The Kier molecular flexibility index (Phi) is 1.96. The molecule has 15 heavy (non-hydrogen) atoms. The van der Waals surface area contributed by atoms with Crippen LogP contribution in [0.15, 0.2) is 11.8 Å². The maximum absolute atomic E-state index is 6.13. The predicted molar refractivity (Wildman–Crippen MR) is 61.3 cm³/mol. The first-order chi connectivity index (χ1) is 7.08. The Morgan fingerprint density at radius 3 is 3.00 bits per heavy atom. The lowest BCUT2D eigenvalue weighted by atomic mass is 9.56. The van der Waals surface area contributed by atoms with Gasteiger partial charge in [0.1, 0.15) is 5.60 Å². The maximum atomic E-state index is 6.13. The summed E-state index contributed by atoms with van der Waals surface area (Å²) >= 11 is 0. The van der Waals surface area contributed by atoms with Gasteiger partial charge in [0.25, 0.3) is 0 Å². The third-order valence-electron chi connectivity index (χ3n) is 5.16. The molecule has 0 aromatic heterocycles. The molecule has 0 N–H and O–H groups in total. The molecule has 0 amide bonds. The Morgan fingerprint density at radius 2 is 2.20 bits per heavy atom. The molecule has 1 nitrogen and oxygen atoms in total. The van der Waals surface area contributed by atoms with Gasteiger partial charge >= 0.3 is 0 Å². The fraction of sp³-hybridized carbons (Fsp3) is 0.857.